The van der Waals surface area contributed by atoms with Crippen molar-refractivity contribution in [2.75, 3.05) is 11.9 Å². The summed E-state index contributed by atoms with van der Waals surface area (Å²) in [5.41, 5.74) is 1.15. The lowest BCUT2D eigenvalue weighted by Crippen LogP contribution is -2.10. The number of nitrogens with zero attached hydrogens (tertiary/aromatic N) is 2. The molecule has 3 aromatic rings. The van der Waals surface area contributed by atoms with E-state index in [-0.39, 0.29) is 6.42 Å². The highest BCUT2D eigenvalue weighted by Gasteiger charge is 2.11. The first-order chi connectivity index (χ1) is 11.1. The molecule has 5 nitrogen and oxygen atoms in total. The number of rotatable bonds is 6. The minimum absolute atomic E-state index is 0.0582. The van der Waals surface area contributed by atoms with Gasteiger partial charge in [0, 0.05) is 17.8 Å². The van der Waals surface area contributed by atoms with Crippen LogP contribution in [0.15, 0.2) is 36.4 Å². The summed E-state index contributed by atoms with van der Waals surface area (Å²) < 4.78 is 0. The molecule has 1 aromatic carbocycles. The van der Waals surface area contributed by atoms with Crippen LogP contribution in [0.5, 0.6) is 0 Å². The monoisotopic (exact) mass is 327 g/mol. The molecule has 0 saturated heterocycles. The summed E-state index contributed by atoms with van der Waals surface area (Å²) in [5, 5.41) is 12.9. The highest BCUT2D eigenvalue weighted by atomic mass is 32.1. The van der Waals surface area contributed by atoms with Gasteiger partial charge in [0.25, 0.3) is 0 Å². The van der Waals surface area contributed by atoms with Crippen molar-refractivity contribution in [1.82, 2.24) is 9.97 Å². The van der Waals surface area contributed by atoms with Gasteiger partial charge in [-0.1, -0.05) is 30.3 Å². The van der Waals surface area contributed by atoms with E-state index in [1.807, 2.05) is 43.3 Å². The average Bonchev–Trinajstić information content (AvgIpc) is 2.88. The van der Waals surface area contributed by atoms with Crippen molar-refractivity contribution < 1.29 is 9.90 Å². The minimum atomic E-state index is -0.825. The second-order valence-electron chi connectivity index (χ2n) is 5.30. The van der Waals surface area contributed by atoms with E-state index in [0.29, 0.717) is 18.8 Å². The van der Waals surface area contributed by atoms with Crippen LogP contribution in [0.4, 0.5) is 5.82 Å². The Balaban J connectivity index is 1.91. The molecule has 2 aromatic heterocycles. The van der Waals surface area contributed by atoms with Gasteiger partial charge in [0.05, 0.1) is 11.8 Å². The first-order valence-corrected chi connectivity index (χ1v) is 8.20. The van der Waals surface area contributed by atoms with Crippen LogP contribution in [0.2, 0.25) is 0 Å². The van der Waals surface area contributed by atoms with Crippen molar-refractivity contribution in [2.45, 2.75) is 19.8 Å². The van der Waals surface area contributed by atoms with E-state index in [1.54, 1.807) is 11.3 Å². The van der Waals surface area contributed by atoms with Gasteiger partial charge in [-0.05, 0) is 18.6 Å². The SMILES string of the molecule is Cc1cc2c(NCCC(=O)O)nc(Cc3ccccc3)nc2s1. The molecule has 0 unspecified atom stereocenters. The van der Waals surface area contributed by atoms with E-state index < -0.39 is 5.97 Å². The minimum Gasteiger partial charge on any atom is -0.481 e. The summed E-state index contributed by atoms with van der Waals surface area (Å²) in [7, 11) is 0. The lowest BCUT2D eigenvalue weighted by Gasteiger charge is -2.08. The summed E-state index contributed by atoms with van der Waals surface area (Å²) in [6.45, 7) is 2.38. The fourth-order valence-corrected chi connectivity index (χ4v) is 3.26. The molecule has 0 spiro atoms. The molecule has 2 heterocycles. The summed E-state index contributed by atoms with van der Waals surface area (Å²) in [5.74, 6) is 0.628. The molecule has 0 fully saturated rings. The Hall–Kier alpha value is -2.47. The molecule has 0 aliphatic heterocycles. The third-order valence-corrected chi connectivity index (χ3v) is 4.34. The summed E-state index contributed by atoms with van der Waals surface area (Å²) in [6, 6.07) is 12.1. The molecular weight excluding hydrogens is 310 g/mol. The van der Waals surface area contributed by atoms with Gasteiger partial charge in [-0.25, -0.2) is 9.97 Å². The van der Waals surface area contributed by atoms with E-state index in [4.69, 9.17) is 5.11 Å². The number of hydrogen-bond donors (Lipinski definition) is 2. The molecule has 3 rings (SSSR count). The van der Waals surface area contributed by atoms with E-state index in [2.05, 4.69) is 15.3 Å². The Labute approximate surface area is 138 Å². The molecule has 0 aliphatic rings. The second-order valence-corrected chi connectivity index (χ2v) is 6.53. The van der Waals surface area contributed by atoms with Gasteiger partial charge in [-0.15, -0.1) is 11.3 Å². The first-order valence-electron chi connectivity index (χ1n) is 7.38. The standard InChI is InChI=1S/C17H17N3O2S/c1-11-9-13-16(18-8-7-15(21)22)19-14(20-17(13)23-11)10-12-5-3-2-4-6-12/h2-6,9H,7-8,10H2,1H3,(H,21,22)(H,18,19,20). The second kappa shape index (κ2) is 6.75. The van der Waals surface area contributed by atoms with Crippen molar-refractivity contribution in [3.8, 4) is 0 Å². The fourth-order valence-electron chi connectivity index (χ4n) is 2.37. The molecule has 0 aliphatic carbocycles. The number of aryl methyl sites for hydroxylation is 1. The predicted octanol–water partition coefficient (Wildman–Crippen LogP) is 3.48. The Morgan fingerprint density at radius 1 is 1.26 bits per heavy atom. The van der Waals surface area contributed by atoms with Crippen molar-refractivity contribution >= 4 is 33.3 Å². The third kappa shape index (κ3) is 3.84. The number of aliphatic carboxylic acids is 1. The highest BCUT2D eigenvalue weighted by molar-refractivity contribution is 7.18. The zero-order chi connectivity index (χ0) is 16.2. The maximum atomic E-state index is 10.7. The zero-order valence-electron chi connectivity index (χ0n) is 12.7. The van der Waals surface area contributed by atoms with Crippen LogP contribution in [-0.4, -0.2) is 27.6 Å². The summed E-state index contributed by atoms with van der Waals surface area (Å²) >= 11 is 1.62. The number of thiophene rings is 1. The van der Waals surface area contributed by atoms with Crippen LogP contribution in [0.25, 0.3) is 10.2 Å². The van der Waals surface area contributed by atoms with E-state index in [1.165, 1.54) is 0 Å². The highest BCUT2D eigenvalue weighted by Crippen LogP contribution is 2.29. The zero-order valence-corrected chi connectivity index (χ0v) is 13.6. The Morgan fingerprint density at radius 2 is 2.04 bits per heavy atom. The van der Waals surface area contributed by atoms with E-state index in [9.17, 15) is 4.79 Å². The van der Waals surface area contributed by atoms with Gasteiger partial charge in [0.1, 0.15) is 16.5 Å². The molecule has 0 amide bonds. The first kappa shape index (κ1) is 15.4. The van der Waals surface area contributed by atoms with Gasteiger partial charge in [0.2, 0.25) is 0 Å². The quantitative estimate of drug-likeness (QED) is 0.725. The van der Waals surface area contributed by atoms with E-state index in [0.717, 1.165) is 26.5 Å². The molecule has 2 N–H and O–H groups in total. The lowest BCUT2D eigenvalue weighted by atomic mass is 10.1. The van der Waals surface area contributed by atoms with Gasteiger partial charge >= 0.3 is 5.97 Å². The van der Waals surface area contributed by atoms with Crippen LogP contribution in [-0.2, 0) is 11.2 Å². The van der Waals surface area contributed by atoms with Crippen LogP contribution >= 0.6 is 11.3 Å². The molecular formula is C17H17N3O2S. The number of fused-ring (bicyclic) bond motifs is 1. The molecule has 118 valence electrons. The molecule has 6 heteroatoms. The number of aromatic nitrogens is 2. The molecule has 0 saturated carbocycles. The van der Waals surface area contributed by atoms with Crippen LogP contribution in [0, 0.1) is 6.92 Å². The van der Waals surface area contributed by atoms with E-state index >= 15 is 0 Å². The van der Waals surface area contributed by atoms with Gasteiger partial charge in [0.15, 0.2) is 0 Å². The normalized spacial score (nSPS) is 10.8. The smallest absolute Gasteiger partial charge is 0.305 e. The van der Waals surface area contributed by atoms with Gasteiger partial charge in [-0.3, -0.25) is 4.79 Å². The molecule has 0 radical (unpaired) electrons. The fraction of sp³-hybridized carbons (Fsp3) is 0.235. The molecule has 23 heavy (non-hydrogen) atoms. The predicted molar refractivity (Wildman–Crippen MR) is 92.1 cm³/mol. The summed E-state index contributed by atoms with van der Waals surface area (Å²) in [6.07, 6.45) is 0.712. The Bertz CT molecular complexity index is 830. The number of carboxylic acids is 1. The average molecular weight is 327 g/mol. The Morgan fingerprint density at radius 3 is 2.78 bits per heavy atom. The topological polar surface area (TPSA) is 75.1 Å². The van der Waals surface area contributed by atoms with Gasteiger partial charge < -0.3 is 10.4 Å². The largest absolute Gasteiger partial charge is 0.481 e. The number of nitrogens with one attached hydrogen (secondary N) is 1. The maximum absolute atomic E-state index is 10.7. The molecule has 0 atom stereocenters. The number of hydrogen-bond acceptors (Lipinski definition) is 5. The lowest BCUT2D eigenvalue weighted by molar-refractivity contribution is -0.136. The van der Waals surface area contributed by atoms with Crippen LogP contribution in [0.3, 0.4) is 0 Å². The maximum Gasteiger partial charge on any atom is 0.305 e. The number of anilines is 1. The van der Waals surface area contributed by atoms with Crippen LogP contribution in [0.1, 0.15) is 22.7 Å². The molecule has 0 bridgehead atoms. The van der Waals surface area contributed by atoms with Gasteiger partial charge in [-0.2, -0.15) is 0 Å². The number of benzene rings is 1. The Kier molecular flexibility index (Phi) is 4.52. The van der Waals surface area contributed by atoms with Crippen LogP contribution < -0.4 is 5.32 Å². The van der Waals surface area contributed by atoms with Crippen molar-refractivity contribution in [1.29, 1.82) is 0 Å². The number of carbonyl (C=O) groups is 1. The van der Waals surface area contributed by atoms with Crippen molar-refractivity contribution in [3.63, 3.8) is 0 Å². The summed E-state index contributed by atoms with van der Waals surface area (Å²) in [4.78, 5) is 22.0. The number of carboxylic acid groups (broad SMARTS) is 1. The van der Waals surface area contributed by atoms with Crippen molar-refractivity contribution in [3.05, 3.63) is 52.7 Å². The van der Waals surface area contributed by atoms with Crippen molar-refractivity contribution in [2.24, 2.45) is 0 Å². The third-order valence-electron chi connectivity index (χ3n) is 3.40.